The van der Waals surface area contributed by atoms with E-state index < -0.39 is 0 Å². The molecule has 2 aromatic rings. The molecule has 1 aliphatic rings. The van der Waals surface area contributed by atoms with Crippen LogP contribution in [0.15, 0.2) is 34.8 Å². The molecule has 24 heavy (non-hydrogen) atoms. The third-order valence-electron chi connectivity index (χ3n) is 3.90. The van der Waals surface area contributed by atoms with Gasteiger partial charge in [-0.3, -0.25) is 0 Å². The van der Waals surface area contributed by atoms with E-state index in [4.69, 9.17) is 18.9 Å². The summed E-state index contributed by atoms with van der Waals surface area (Å²) in [5, 5.41) is 3.45. The minimum absolute atomic E-state index is 0.290. The molecule has 1 heterocycles. The number of hydrogen-bond acceptors (Lipinski definition) is 5. The third-order valence-corrected chi connectivity index (χ3v) is 4.63. The molecule has 0 saturated carbocycles. The van der Waals surface area contributed by atoms with E-state index in [2.05, 4.69) is 27.3 Å². The van der Waals surface area contributed by atoms with E-state index in [0.29, 0.717) is 0 Å². The summed E-state index contributed by atoms with van der Waals surface area (Å²) in [5.41, 5.74) is 2.34. The monoisotopic (exact) mass is 393 g/mol. The van der Waals surface area contributed by atoms with Crippen LogP contribution in [0.1, 0.15) is 11.1 Å². The molecule has 128 valence electrons. The molecule has 0 amide bonds. The van der Waals surface area contributed by atoms with Crippen molar-refractivity contribution in [3.8, 4) is 23.0 Å². The number of ether oxygens (including phenoxy) is 4. The zero-order valence-electron chi connectivity index (χ0n) is 13.7. The molecule has 3 rings (SSSR count). The van der Waals surface area contributed by atoms with Crippen LogP contribution in [0.25, 0.3) is 0 Å². The summed E-state index contributed by atoms with van der Waals surface area (Å²) in [7, 11) is 3.29. The zero-order valence-corrected chi connectivity index (χ0v) is 15.3. The summed E-state index contributed by atoms with van der Waals surface area (Å²) < 4.78 is 22.4. The van der Waals surface area contributed by atoms with Crippen LogP contribution in [-0.4, -0.2) is 27.6 Å². The van der Waals surface area contributed by atoms with Crippen LogP contribution in [0.3, 0.4) is 0 Å². The first-order valence-electron chi connectivity index (χ1n) is 7.71. The Morgan fingerprint density at radius 1 is 1.04 bits per heavy atom. The Hall–Kier alpha value is -1.92. The normalized spacial score (nSPS) is 12.3. The fourth-order valence-corrected chi connectivity index (χ4v) is 3.05. The van der Waals surface area contributed by atoms with E-state index in [9.17, 15) is 0 Å². The molecule has 0 aliphatic carbocycles. The number of halogens is 1. The SMILES string of the molecule is COc1ccc(CCNCc2cc3c(cc2Br)OCO3)cc1OC. The molecule has 0 spiro atoms. The number of hydrogen-bond donors (Lipinski definition) is 1. The van der Waals surface area contributed by atoms with Gasteiger partial charge in [0.1, 0.15) is 0 Å². The minimum Gasteiger partial charge on any atom is -0.493 e. The van der Waals surface area contributed by atoms with E-state index in [0.717, 1.165) is 52.5 Å². The van der Waals surface area contributed by atoms with Gasteiger partial charge in [-0.2, -0.15) is 0 Å². The van der Waals surface area contributed by atoms with Gasteiger partial charge < -0.3 is 24.3 Å². The van der Waals surface area contributed by atoms with Gasteiger partial charge >= 0.3 is 0 Å². The van der Waals surface area contributed by atoms with Gasteiger partial charge in [-0.15, -0.1) is 0 Å². The molecule has 0 fully saturated rings. The molecule has 2 aromatic carbocycles. The van der Waals surface area contributed by atoms with Gasteiger partial charge in [0.25, 0.3) is 0 Å². The average molecular weight is 394 g/mol. The van der Waals surface area contributed by atoms with Crippen molar-refractivity contribution in [2.24, 2.45) is 0 Å². The first-order chi connectivity index (χ1) is 11.7. The van der Waals surface area contributed by atoms with Crippen molar-refractivity contribution in [1.82, 2.24) is 5.32 Å². The Morgan fingerprint density at radius 2 is 1.79 bits per heavy atom. The maximum Gasteiger partial charge on any atom is 0.231 e. The second-order valence-electron chi connectivity index (χ2n) is 5.41. The van der Waals surface area contributed by atoms with Crippen LogP contribution >= 0.6 is 15.9 Å². The predicted molar refractivity (Wildman–Crippen MR) is 95.2 cm³/mol. The first-order valence-corrected chi connectivity index (χ1v) is 8.50. The van der Waals surface area contributed by atoms with Crippen molar-refractivity contribution in [2.45, 2.75) is 13.0 Å². The largest absolute Gasteiger partial charge is 0.493 e. The van der Waals surface area contributed by atoms with E-state index in [1.165, 1.54) is 5.56 Å². The summed E-state index contributed by atoms with van der Waals surface area (Å²) in [6.07, 6.45) is 0.905. The third kappa shape index (κ3) is 3.76. The van der Waals surface area contributed by atoms with Crippen molar-refractivity contribution in [3.63, 3.8) is 0 Å². The van der Waals surface area contributed by atoms with Crippen LogP contribution in [0.5, 0.6) is 23.0 Å². The van der Waals surface area contributed by atoms with Gasteiger partial charge in [0.05, 0.1) is 14.2 Å². The quantitative estimate of drug-likeness (QED) is 0.729. The second kappa shape index (κ2) is 7.77. The topological polar surface area (TPSA) is 49.0 Å². The van der Waals surface area contributed by atoms with Gasteiger partial charge in [-0.25, -0.2) is 0 Å². The zero-order chi connectivity index (χ0) is 16.9. The van der Waals surface area contributed by atoms with Crippen molar-refractivity contribution in [1.29, 1.82) is 0 Å². The van der Waals surface area contributed by atoms with Gasteiger partial charge in [0, 0.05) is 11.0 Å². The van der Waals surface area contributed by atoms with Gasteiger partial charge in [-0.05, 0) is 48.4 Å². The summed E-state index contributed by atoms with van der Waals surface area (Å²) in [5.74, 6) is 3.10. The molecule has 1 aliphatic heterocycles. The number of rotatable bonds is 7. The summed E-state index contributed by atoms with van der Waals surface area (Å²) >= 11 is 3.58. The molecule has 5 nitrogen and oxygen atoms in total. The highest BCUT2D eigenvalue weighted by Crippen LogP contribution is 2.36. The maximum absolute atomic E-state index is 5.42. The Kier molecular flexibility index (Phi) is 5.48. The smallest absolute Gasteiger partial charge is 0.231 e. The van der Waals surface area contributed by atoms with E-state index >= 15 is 0 Å². The van der Waals surface area contributed by atoms with E-state index in [-0.39, 0.29) is 6.79 Å². The Balaban J connectivity index is 1.54. The second-order valence-corrected chi connectivity index (χ2v) is 6.27. The van der Waals surface area contributed by atoms with Crippen LogP contribution < -0.4 is 24.3 Å². The number of methoxy groups -OCH3 is 2. The average Bonchev–Trinajstić information content (AvgIpc) is 3.05. The number of fused-ring (bicyclic) bond motifs is 1. The highest BCUT2D eigenvalue weighted by atomic mass is 79.9. The summed E-state index contributed by atoms with van der Waals surface area (Å²) in [6, 6.07) is 9.96. The minimum atomic E-state index is 0.290. The lowest BCUT2D eigenvalue weighted by Gasteiger charge is -2.11. The molecular weight excluding hydrogens is 374 g/mol. The number of nitrogens with one attached hydrogen (secondary N) is 1. The maximum atomic E-state index is 5.42. The molecule has 0 unspecified atom stereocenters. The molecule has 0 aromatic heterocycles. The molecule has 0 atom stereocenters. The molecular formula is C18H20BrNO4. The van der Waals surface area contributed by atoms with Crippen LogP contribution in [0.4, 0.5) is 0 Å². The van der Waals surface area contributed by atoms with Crippen molar-refractivity contribution >= 4 is 15.9 Å². The highest BCUT2D eigenvalue weighted by molar-refractivity contribution is 9.10. The molecule has 0 saturated heterocycles. The van der Waals surface area contributed by atoms with Crippen LogP contribution in [-0.2, 0) is 13.0 Å². The lowest BCUT2D eigenvalue weighted by molar-refractivity contribution is 0.174. The fraction of sp³-hybridized carbons (Fsp3) is 0.333. The molecule has 0 radical (unpaired) electrons. The van der Waals surface area contributed by atoms with E-state index in [1.807, 2.05) is 24.3 Å². The van der Waals surface area contributed by atoms with Crippen molar-refractivity contribution < 1.29 is 18.9 Å². The van der Waals surface area contributed by atoms with E-state index in [1.54, 1.807) is 14.2 Å². The standard InChI is InChI=1S/C18H20BrNO4/c1-21-15-4-3-12(7-16(15)22-2)5-6-20-10-13-8-17-18(9-14(13)19)24-11-23-17/h3-4,7-9,20H,5-6,10-11H2,1-2H3. The van der Waals surface area contributed by atoms with Gasteiger partial charge in [0.2, 0.25) is 6.79 Å². The van der Waals surface area contributed by atoms with Crippen molar-refractivity contribution in [3.05, 3.63) is 45.9 Å². The van der Waals surface area contributed by atoms with Crippen LogP contribution in [0.2, 0.25) is 0 Å². The Morgan fingerprint density at radius 3 is 2.54 bits per heavy atom. The molecule has 1 N–H and O–H groups in total. The fourth-order valence-electron chi connectivity index (χ4n) is 2.59. The lowest BCUT2D eigenvalue weighted by atomic mass is 10.1. The Labute approximate surface area is 150 Å². The first kappa shape index (κ1) is 16.9. The number of benzene rings is 2. The summed E-state index contributed by atoms with van der Waals surface area (Å²) in [6.45, 7) is 1.90. The molecule has 0 bridgehead atoms. The predicted octanol–water partition coefficient (Wildman–Crippen LogP) is 3.53. The van der Waals surface area contributed by atoms with Crippen molar-refractivity contribution in [2.75, 3.05) is 27.6 Å². The Bertz CT molecular complexity index is 720. The van der Waals surface area contributed by atoms with Crippen LogP contribution in [0, 0.1) is 0 Å². The lowest BCUT2D eigenvalue weighted by Crippen LogP contribution is -2.17. The van der Waals surface area contributed by atoms with Gasteiger partial charge in [0.15, 0.2) is 23.0 Å². The molecule has 6 heteroatoms. The highest BCUT2D eigenvalue weighted by Gasteiger charge is 2.16. The summed E-state index contributed by atoms with van der Waals surface area (Å²) in [4.78, 5) is 0. The van der Waals surface area contributed by atoms with Gasteiger partial charge in [-0.1, -0.05) is 22.0 Å².